The molecule has 0 radical (unpaired) electrons. The highest BCUT2D eigenvalue weighted by molar-refractivity contribution is 7.17. The monoisotopic (exact) mass is 417 g/mol. The van der Waals surface area contributed by atoms with Gasteiger partial charge in [-0.2, -0.15) is 0 Å². The van der Waals surface area contributed by atoms with E-state index in [0.29, 0.717) is 22.5 Å². The Morgan fingerprint density at radius 1 is 1.03 bits per heavy atom. The average molecular weight is 418 g/mol. The van der Waals surface area contributed by atoms with Crippen LogP contribution >= 0.6 is 11.3 Å². The van der Waals surface area contributed by atoms with Crippen molar-refractivity contribution < 1.29 is 4.79 Å². The highest BCUT2D eigenvalue weighted by Crippen LogP contribution is 2.33. The predicted octanol–water partition coefficient (Wildman–Crippen LogP) is 4.85. The normalized spacial score (nSPS) is 12.2. The van der Waals surface area contributed by atoms with Crippen LogP contribution in [-0.4, -0.2) is 15.5 Å². The van der Waals surface area contributed by atoms with Crippen molar-refractivity contribution >= 4 is 27.5 Å². The molecular formula is C24H23N3O2S. The van der Waals surface area contributed by atoms with Gasteiger partial charge in [-0.1, -0.05) is 66.6 Å². The van der Waals surface area contributed by atoms with E-state index in [-0.39, 0.29) is 5.56 Å². The van der Waals surface area contributed by atoms with Gasteiger partial charge < -0.3 is 5.73 Å². The minimum absolute atomic E-state index is 0.238. The number of aryl methyl sites for hydroxylation is 2. The number of nitrogens with zero attached hydrogens (tertiary/aromatic N) is 2. The van der Waals surface area contributed by atoms with Crippen molar-refractivity contribution in [2.24, 2.45) is 5.73 Å². The van der Waals surface area contributed by atoms with Gasteiger partial charge >= 0.3 is 0 Å². The lowest BCUT2D eigenvalue weighted by atomic mass is 10.0. The molecule has 1 unspecified atom stereocenters. The first-order valence-corrected chi connectivity index (χ1v) is 10.8. The fourth-order valence-corrected chi connectivity index (χ4v) is 4.59. The van der Waals surface area contributed by atoms with Crippen LogP contribution < -0.4 is 11.3 Å². The van der Waals surface area contributed by atoms with E-state index in [9.17, 15) is 9.59 Å². The van der Waals surface area contributed by atoms with Gasteiger partial charge in [-0.15, -0.1) is 11.3 Å². The molecule has 2 heterocycles. The maximum absolute atomic E-state index is 13.7. The third kappa shape index (κ3) is 3.44. The largest absolute Gasteiger partial charge is 0.368 e. The maximum atomic E-state index is 13.7. The topological polar surface area (TPSA) is 78.0 Å². The maximum Gasteiger partial charge on any atom is 0.263 e. The number of amides is 1. The molecule has 1 amide bonds. The van der Waals surface area contributed by atoms with Crippen molar-refractivity contribution in [2.75, 3.05) is 0 Å². The van der Waals surface area contributed by atoms with Crippen LogP contribution in [0.15, 0.2) is 58.7 Å². The summed E-state index contributed by atoms with van der Waals surface area (Å²) in [6.07, 6.45) is 0.408. The molecule has 1 atom stereocenters. The number of benzene rings is 2. The summed E-state index contributed by atoms with van der Waals surface area (Å²) in [6.45, 7) is 5.87. The highest BCUT2D eigenvalue weighted by atomic mass is 32.1. The Morgan fingerprint density at radius 2 is 1.60 bits per heavy atom. The number of aromatic nitrogens is 2. The molecule has 0 fully saturated rings. The molecule has 2 aromatic carbocycles. The van der Waals surface area contributed by atoms with Gasteiger partial charge in [-0.05, 0) is 25.8 Å². The fraction of sp³-hybridized carbons (Fsp3) is 0.208. The van der Waals surface area contributed by atoms with Crippen LogP contribution in [0.2, 0.25) is 0 Å². The number of thiophene rings is 1. The molecule has 2 aromatic heterocycles. The van der Waals surface area contributed by atoms with Crippen molar-refractivity contribution in [3.8, 4) is 22.5 Å². The van der Waals surface area contributed by atoms with E-state index >= 15 is 0 Å². The summed E-state index contributed by atoms with van der Waals surface area (Å²) >= 11 is 1.43. The van der Waals surface area contributed by atoms with Crippen LogP contribution in [0.25, 0.3) is 32.7 Å². The van der Waals surface area contributed by atoms with Gasteiger partial charge in [-0.3, -0.25) is 14.2 Å². The summed E-state index contributed by atoms with van der Waals surface area (Å²) in [7, 11) is 0. The van der Waals surface area contributed by atoms with Crippen molar-refractivity contribution in [2.45, 2.75) is 33.2 Å². The molecule has 0 saturated carbocycles. The summed E-state index contributed by atoms with van der Waals surface area (Å²) in [5.74, 6) is -0.0725. The van der Waals surface area contributed by atoms with Crippen molar-refractivity contribution in [1.82, 2.24) is 9.55 Å². The number of hydrogen-bond donors (Lipinski definition) is 1. The van der Waals surface area contributed by atoms with E-state index < -0.39 is 11.9 Å². The van der Waals surface area contributed by atoms with Gasteiger partial charge in [-0.25, -0.2) is 4.98 Å². The Hall–Kier alpha value is -3.25. The van der Waals surface area contributed by atoms with E-state index in [1.54, 1.807) is 0 Å². The molecule has 0 aliphatic rings. The second-order valence-electron chi connectivity index (χ2n) is 7.50. The highest BCUT2D eigenvalue weighted by Gasteiger charge is 2.25. The molecule has 4 aromatic rings. The smallest absolute Gasteiger partial charge is 0.263 e. The number of nitrogens with two attached hydrogens (primary N) is 1. The van der Waals surface area contributed by atoms with E-state index in [4.69, 9.17) is 10.7 Å². The summed E-state index contributed by atoms with van der Waals surface area (Å²) < 4.78 is 1.47. The van der Waals surface area contributed by atoms with Crippen LogP contribution in [-0.2, 0) is 4.79 Å². The third-order valence-electron chi connectivity index (χ3n) is 5.34. The second kappa shape index (κ2) is 7.88. The molecule has 0 saturated heterocycles. The SMILES string of the molecule is CCC(C(N)=O)n1c(-c2ccc(C)cc2)nc2scc(-c3ccc(C)cc3)c2c1=O. The first-order chi connectivity index (χ1) is 14.4. The zero-order chi connectivity index (χ0) is 21.4. The lowest BCUT2D eigenvalue weighted by Gasteiger charge is -2.19. The van der Waals surface area contributed by atoms with Gasteiger partial charge in [0.05, 0.1) is 5.39 Å². The number of rotatable bonds is 5. The third-order valence-corrected chi connectivity index (χ3v) is 6.21. The number of primary amides is 1. The number of carbonyl (C=O) groups is 1. The van der Waals surface area contributed by atoms with Crippen LogP contribution in [0.3, 0.4) is 0 Å². The minimum Gasteiger partial charge on any atom is -0.368 e. The van der Waals surface area contributed by atoms with Crippen LogP contribution in [0.4, 0.5) is 0 Å². The van der Waals surface area contributed by atoms with Gasteiger partial charge in [0.15, 0.2) is 0 Å². The van der Waals surface area contributed by atoms with Gasteiger partial charge in [0, 0.05) is 16.5 Å². The Balaban J connectivity index is 2.05. The zero-order valence-corrected chi connectivity index (χ0v) is 18.0. The van der Waals surface area contributed by atoms with Crippen molar-refractivity contribution in [3.63, 3.8) is 0 Å². The Morgan fingerprint density at radius 3 is 2.13 bits per heavy atom. The van der Waals surface area contributed by atoms with Crippen LogP contribution in [0.1, 0.15) is 30.5 Å². The Bertz CT molecular complexity index is 1290. The van der Waals surface area contributed by atoms with E-state index in [1.807, 2.05) is 74.7 Å². The Labute approximate surface area is 178 Å². The van der Waals surface area contributed by atoms with Crippen LogP contribution in [0, 0.1) is 13.8 Å². The molecule has 152 valence electrons. The summed E-state index contributed by atoms with van der Waals surface area (Å²) in [5.41, 5.74) is 10.3. The first-order valence-electron chi connectivity index (χ1n) is 9.87. The average Bonchev–Trinajstić information content (AvgIpc) is 3.15. The zero-order valence-electron chi connectivity index (χ0n) is 17.2. The summed E-state index contributed by atoms with van der Waals surface area (Å²) in [5, 5.41) is 2.48. The quantitative estimate of drug-likeness (QED) is 0.504. The lowest BCUT2D eigenvalue weighted by Crippen LogP contribution is -2.35. The molecule has 4 rings (SSSR count). The first kappa shape index (κ1) is 20.0. The van der Waals surface area contributed by atoms with E-state index in [2.05, 4.69) is 0 Å². The fourth-order valence-electron chi connectivity index (χ4n) is 3.66. The van der Waals surface area contributed by atoms with Gasteiger partial charge in [0.25, 0.3) is 5.56 Å². The predicted molar refractivity (Wildman–Crippen MR) is 123 cm³/mol. The van der Waals surface area contributed by atoms with E-state index in [1.165, 1.54) is 15.9 Å². The molecule has 0 spiro atoms. The number of fused-ring (bicyclic) bond motifs is 1. The summed E-state index contributed by atoms with van der Waals surface area (Å²) in [4.78, 5) is 31.4. The van der Waals surface area contributed by atoms with Crippen molar-refractivity contribution in [3.05, 3.63) is 75.4 Å². The number of carbonyl (C=O) groups excluding carboxylic acids is 1. The van der Waals surface area contributed by atoms with Gasteiger partial charge in [0.1, 0.15) is 16.7 Å². The van der Waals surface area contributed by atoms with Crippen molar-refractivity contribution in [1.29, 1.82) is 0 Å². The standard InChI is InChI=1S/C24H23N3O2S/c1-4-19(21(25)28)27-22(17-11-7-15(3)8-12-17)26-23-20(24(27)29)18(13-30-23)16-9-5-14(2)6-10-16/h5-13,19H,4H2,1-3H3,(H2,25,28). The second-order valence-corrected chi connectivity index (χ2v) is 8.36. The van der Waals surface area contributed by atoms with Crippen LogP contribution in [0.5, 0.6) is 0 Å². The minimum atomic E-state index is -0.767. The Kier molecular flexibility index (Phi) is 5.26. The van der Waals surface area contributed by atoms with E-state index in [0.717, 1.165) is 27.8 Å². The summed E-state index contributed by atoms with van der Waals surface area (Å²) in [6, 6.07) is 15.0. The molecule has 0 aliphatic carbocycles. The molecular weight excluding hydrogens is 394 g/mol. The number of hydrogen-bond acceptors (Lipinski definition) is 4. The lowest BCUT2D eigenvalue weighted by molar-refractivity contribution is -0.121. The molecule has 30 heavy (non-hydrogen) atoms. The molecule has 2 N–H and O–H groups in total. The molecule has 6 heteroatoms. The molecule has 0 bridgehead atoms. The molecule has 0 aliphatic heterocycles. The van der Waals surface area contributed by atoms with Gasteiger partial charge in [0.2, 0.25) is 5.91 Å². The molecule has 5 nitrogen and oxygen atoms in total.